The summed E-state index contributed by atoms with van der Waals surface area (Å²) in [5.41, 5.74) is 1.31. The lowest BCUT2D eigenvalue weighted by atomic mass is 10.0. The van der Waals surface area contributed by atoms with Gasteiger partial charge in [-0.2, -0.15) is 0 Å². The Morgan fingerprint density at radius 3 is 2.33 bits per heavy atom. The number of benzene rings is 1. The number of rotatable bonds is 4. The third-order valence-corrected chi connectivity index (χ3v) is 1.98. The monoisotopic (exact) mass is 212 g/mol. The molecule has 1 aromatic carbocycles. The first-order chi connectivity index (χ1) is 6.97. The predicted octanol–water partition coefficient (Wildman–Crippen LogP) is 2.83. The highest BCUT2D eigenvalue weighted by molar-refractivity contribution is 5.18. The van der Waals surface area contributed by atoms with Crippen LogP contribution in [0.25, 0.3) is 0 Å². The molecule has 1 unspecified atom stereocenters. The van der Waals surface area contributed by atoms with Crippen LogP contribution in [-0.2, 0) is 6.42 Å². The van der Waals surface area contributed by atoms with E-state index >= 15 is 0 Å². The molecule has 0 spiro atoms. The Kier molecular flexibility index (Phi) is 3.97. The summed E-state index contributed by atoms with van der Waals surface area (Å²) in [6.45, 7) is 5.46. The van der Waals surface area contributed by atoms with Crippen molar-refractivity contribution in [3.05, 3.63) is 47.5 Å². The number of aliphatic hydroxyl groups is 1. The van der Waals surface area contributed by atoms with Gasteiger partial charge < -0.3 is 5.11 Å². The van der Waals surface area contributed by atoms with Crippen LogP contribution in [-0.4, -0.2) is 11.2 Å². The Morgan fingerprint density at radius 2 is 1.87 bits per heavy atom. The van der Waals surface area contributed by atoms with Gasteiger partial charge in [-0.05, 0) is 37.5 Å². The standard InChI is InChI=1S/C12H14F2O/c1-8(2)3-12(15)6-9-4-10(13)7-11(14)5-9/h4-5,7,12,15H,1,3,6H2,2H3. The first-order valence-corrected chi connectivity index (χ1v) is 4.75. The van der Waals surface area contributed by atoms with Crippen LogP contribution in [0, 0.1) is 11.6 Å². The van der Waals surface area contributed by atoms with E-state index in [1.54, 1.807) is 6.92 Å². The molecule has 1 nitrogen and oxygen atoms in total. The van der Waals surface area contributed by atoms with Gasteiger partial charge >= 0.3 is 0 Å². The van der Waals surface area contributed by atoms with E-state index in [1.807, 2.05) is 0 Å². The van der Waals surface area contributed by atoms with Crippen LogP contribution in [0.4, 0.5) is 8.78 Å². The van der Waals surface area contributed by atoms with Crippen LogP contribution in [0.3, 0.4) is 0 Å². The predicted molar refractivity (Wildman–Crippen MR) is 55.5 cm³/mol. The zero-order valence-corrected chi connectivity index (χ0v) is 8.63. The van der Waals surface area contributed by atoms with Crippen LogP contribution in [0.2, 0.25) is 0 Å². The molecule has 0 bridgehead atoms. The second-order valence-corrected chi connectivity index (χ2v) is 3.80. The second kappa shape index (κ2) is 5.03. The molecule has 0 aromatic heterocycles. The van der Waals surface area contributed by atoms with Crippen LogP contribution >= 0.6 is 0 Å². The van der Waals surface area contributed by atoms with Gasteiger partial charge in [-0.15, -0.1) is 6.58 Å². The summed E-state index contributed by atoms with van der Waals surface area (Å²) >= 11 is 0. The van der Waals surface area contributed by atoms with Crippen LogP contribution < -0.4 is 0 Å². The van der Waals surface area contributed by atoms with E-state index < -0.39 is 17.7 Å². The van der Waals surface area contributed by atoms with E-state index in [9.17, 15) is 13.9 Å². The number of hydrogen-bond acceptors (Lipinski definition) is 1. The Labute approximate surface area is 88.1 Å². The zero-order valence-electron chi connectivity index (χ0n) is 8.63. The highest BCUT2D eigenvalue weighted by Crippen LogP contribution is 2.13. The third kappa shape index (κ3) is 4.21. The Morgan fingerprint density at radius 1 is 1.33 bits per heavy atom. The van der Waals surface area contributed by atoms with Crippen molar-refractivity contribution in [3.63, 3.8) is 0 Å². The fraction of sp³-hybridized carbons (Fsp3) is 0.333. The maximum absolute atomic E-state index is 12.8. The highest BCUT2D eigenvalue weighted by Gasteiger charge is 2.08. The van der Waals surface area contributed by atoms with Crippen molar-refractivity contribution in [2.45, 2.75) is 25.9 Å². The van der Waals surface area contributed by atoms with Gasteiger partial charge in [0.1, 0.15) is 11.6 Å². The average molecular weight is 212 g/mol. The maximum Gasteiger partial charge on any atom is 0.126 e. The molecule has 0 aliphatic heterocycles. The summed E-state index contributed by atoms with van der Waals surface area (Å²) in [5.74, 6) is -1.24. The molecule has 0 aliphatic carbocycles. The smallest absolute Gasteiger partial charge is 0.126 e. The van der Waals surface area contributed by atoms with Crippen LogP contribution in [0.1, 0.15) is 18.9 Å². The first kappa shape index (κ1) is 11.9. The summed E-state index contributed by atoms with van der Waals surface area (Å²) in [5, 5.41) is 9.55. The molecule has 1 aromatic rings. The van der Waals surface area contributed by atoms with Crippen molar-refractivity contribution in [2.24, 2.45) is 0 Å². The highest BCUT2D eigenvalue weighted by atomic mass is 19.1. The minimum Gasteiger partial charge on any atom is -0.392 e. The Balaban J connectivity index is 2.67. The van der Waals surface area contributed by atoms with E-state index in [-0.39, 0.29) is 6.42 Å². The Hall–Kier alpha value is -1.22. The van der Waals surface area contributed by atoms with Crippen molar-refractivity contribution in [1.29, 1.82) is 0 Å². The van der Waals surface area contributed by atoms with Crippen molar-refractivity contribution in [3.8, 4) is 0 Å². The molecular formula is C12H14F2O. The van der Waals surface area contributed by atoms with E-state index in [2.05, 4.69) is 6.58 Å². The van der Waals surface area contributed by atoms with Gasteiger partial charge in [-0.25, -0.2) is 8.78 Å². The van der Waals surface area contributed by atoms with Crippen molar-refractivity contribution in [2.75, 3.05) is 0 Å². The van der Waals surface area contributed by atoms with Gasteiger partial charge in [-0.3, -0.25) is 0 Å². The average Bonchev–Trinajstić information content (AvgIpc) is 1.98. The lowest BCUT2D eigenvalue weighted by Gasteiger charge is -2.10. The van der Waals surface area contributed by atoms with E-state index in [0.29, 0.717) is 12.0 Å². The summed E-state index contributed by atoms with van der Waals surface area (Å²) in [4.78, 5) is 0. The number of halogens is 2. The normalized spacial score (nSPS) is 12.5. The third-order valence-electron chi connectivity index (χ3n) is 1.98. The van der Waals surface area contributed by atoms with Crippen LogP contribution in [0.5, 0.6) is 0 Å². The molecule has 3 heteroatoms. The molecular weight excluding hydrogens is 198 g/mol. The molecule has 0 aliphatic rings. The molecule has 15 heavy (non-hydrogen) atoms. The van der Waals surface area contributed by atoms with Crippen molar-refractivity contribution < 1.29 is 13.9 Å². The van der Waals surface area contributed by atoms with Crippen LogP contribution in [0.15, 0.2) is 30.4 Å². The van der Waals surface area contributed by atoms with Gasteiger partial charge in [0.15, 0.2) is 0 Å². The van der Waals surface area contributed by atoms with E-state index in [0.717, 1.165) is 11.6 Å². The number of aliphatic hydroxyl groups excluding tert-OH is 1. The fourth-order valence-corrected chi connectivity index (χ4v) is 1.48. The van der Waals surface area contributed by atoms with Gasteiger partial charge in [0.05, 0.1) is 6.10 Å². The van der Waals surface area contributed by atoms with Crippen molar-refractivity contribution >= 4 is 0 Å². The lowest BCUT2D eigenvalue weighted by Crippen LogP contribution is -2.10. The molecule has 0 fully saturated rings. The quantitative estimate of drug-likeness (QED) is 0.761. The lowest BCUT2D eigenvalue weighted by molar-refractivity contribution is 0.175. The van der Waals surface area contributed by atoms with E-state index in [4.69, 9.17) is 0 Å². The molecule has 1 rings (SSSR count). The van der Waals surface area contributed by atoms with E-state index in [1.165, 1.54) is 12.1 Å². The first-order valence-electron chi connectivity index (χ1n) is 4.75. The topological polar surface area (TPSA) is 20.2 Å². The molecule has 0 saturated heterocycles. The maximum atomic E-state index is 12.8. The van der Waals surface area contributed by atoms with Gasteiger partial charge in [0, 0.05) is 6.07 Å². The minimum absolute atomic E-state index is 0.238. The fourth-order valence-electron chi connectivity index (χ4n) is 1.48. The van der Waals surface area contributed by atoms with Gasteiger partial charge in [0.2, 0.25) is 0 Å². The summed E-state index contributed by atoms with van der Waals surface area (Å²) in [7, 11) is 0. The summed E-state index contributed by atoms with van der Waals surface area (Å²) < 4.78 is 25.6. The summed E-state index contributed by atoms with van der Waals surface area (Å²) in [6.07, 6.45) is 0.0448. The van der Waals surface area contributed by atoms with Gasteiger partial charge in [-0.1, -0.05) is 5.57 Å². The molecule has 0 saturated carbocycles. The molecule has 0 heterocycles. The SMILES string of the molecule is C=C(C)CC(O)Cc1cc(F)cc(F)c1. The molecule has 82 valence electrons. The molecule has 1 atom stereocenters. The summed E-state index contributed by atoms with van der Waals surface area (Å²) in [6, 6.07) is 3.27. The minimum atomic E-state index is -0.635. The Bertz CT molecular complexity index is 340. The largest absolute Gasteiger partial charge is 0.392 e. The molecule has 0 amide bonds. The van der Waals surface area contributed by atoms with Crippen molar-refractivity contribution in [1.82, 2.24) is 0 Å². The molecule has 0 radical (unpaired) electrons. The van der Waals surface area contributed by atoms with Gasteiger partial charge in [0.25, 0.3) is 0 Å². The number of hydrogen-bond donors (Lipinski definition) is 1. The zero-order chi connectivity index (χ0) is 11.4. The molecule has 1 N–H and O–H groups in total. The second-order valence-electron chi connectivity index (χ2n) is 3.80.